The molecule has 25 heavy (non-hydrogen) atoms. The summed E-state index contributed by atoms with van der Waals surface area (Å²) in [5.41, 5.74) is 2.42. The highest BCUT2D eigenvalue weighted by Gasteiger charge is 2.35. The lowest BCUT2D eigenvalue weighted by molar-refractivity contribution is -0.138. The molecular formula is C19H25NO3S2. The molecule has 1 aromatic carbocycles. The van der Waals surface area contributed by atoms with E-state index < -0.39 is 27.2 Å². The Balaban J connectivity index is 2.39. The second kappa shape index (κ2) is 7.40. The van der Waals surface area contributed by atoms with Gasteiger partial charge in [0.1, 0.15) is 0 Å². The summed E-state index contributed by atoms with van der Waals surface area (Å²) >= 11 is 1.49. The molecule has 0 saturated heterocycles. The van der Waals surface area contributed by atoms with Crippen LogP contribution in [0.5, 0.6) is 0 Å². The minimum absolute atomic E-state index is 0.136. The Morgan fingerprint density at radius 1 is 1.20 bits per heavy atom. The zero-order chi connectivity index (χ0) is 18.8. The third kappa shape index (κ3) is 5.00. The fourth-order valence-corrected chi connectivity index (χ4v) is 4.43. The second-order valence-corrected chi connectivity index (χ2v) is 10.3. The van der Waals surface area contributed by atoms with Crippen molar-refractivity contribution >= 4 is 28.3 Å². The van der Waals surface area contributed by atoms with Gasteiger partial charge in [-0.3, -0.25) is 4.79 Å². The van der Waals surface area contributed by atoms with Crippen LogP contribution < -0.4 is 4.72 Å². The molecule has 0 aliphatic rings. The zero-order valence-corrected chi connectivity index (χ0v) is 16.9. The van der Waals surface area contributed by atoms with Gasteiger partial charge in [-0.2, -0.15) is 0 Å². The molecule has 1 aromatic heterocycles. The molecular weight excluding hydrogens is 354 g/mol. The highest BCUT2D eigenvalue weighted by molar-refractivity contribution is 7.84. The summed E-state index contributed by atoms with van der Waals surface area (Å²) in [6, 6.07) is 10.2. The molecule has 4 nitrogen and oxygen atoms in total. The number of carboxylic acids is 1. The molecule has 0 saturated carbocycles. The topological polar surface area (TPSA) is 66.4 Å². The molecule has 0 aliphatic heterocycles. The van der Waals surface area contributed by atoms with E-state index in [1.54, 1.807) is 6.92 Å². The van der Waals surface area contributed by atoms with Crippen LogP contribution in [0.25, 0.3) is 11.1 Å². The maximum atomic E-state index is 12.6. The van der Waals surface area contributed by atoms with Gasteiger partial charge in [-0.05, 0) is 57.2 Å². The second-order valence-electron chi connectivity index (χ2n) is 7.45. The fraction of sp³-hybridized carbons (Fsp3) is 0.421. The van der Waals surface area contributed by atoms with Crippen molar-refractivity contribution in [3.63, 3.8) is 0 Å². The van der Waals surface area contributed by atoms with Gasteiger partial charge in [-0.1, -0.05) is 29.8 Å². The van der Waals surface area contributed by atoms with Crippen molar-refractivity contribution in [2.45, 2.75) is 51.3 Å². The van der Waals surface area contributed by atoms with Crippen molar-refractivity contribution in [2.75, 3.05) is 0 Å². The van der Waals surface area contributed by atoms with Crippen LogP contribution in [-0.4, -0.2) is 20.0 Å². The maximum absolute atomic E-state index is 12.6. The summed E-state index contributed by atoms with van der Waals surface area (Å²) in [5.74, 6) is -0.925. The summed E-state index contributed by atoms with van der Waals surface area (Å²) in [6.07, 6.45) is -0.136. The van der Waals surface area contributed by atoms with Crippen LogP contribution in [0.3, 0.4) is 0 Å². The van der Waals surface area contributed by atoms with Crippen LogP contribution in [0.2, 0.25) is 0 Å². The highest BCUT2D eigenvalue weighted by Crippen LogP contribution is 2.35. The summed E-state index contributed by atoms with van der Waals surface area (Å²) in [5, 5.41) is 11.4. The Kier molecular flexibility index (Phi) is 5.86. The average Bonchev–Trinajstić information content (AvgIpc) is 2.95. The fourth-order valence-electron chi connectivity index (χ4n) is 2.44. The van der Waals surface area contributed by atoms with Crippen LogP contribution in [0.4, 0.5) is 0 Å². The Labute approximate surface area is 155 Å². The summed E-state index contributed by atoms with van der Waals surface area (Å²) in [6.45, 7) is 9.44. The van der Waals surface area contributed by atoms with Crippen molar-refractivity contribution in [1.29, 1.82) is 0 Å². The SMILES string of the molecule is Cc1cccc(-c2csc([C@](C)(CC(=O)O)NS(=O)C(C)(C)C)c2)c1. The van der Waals surface area contributed by atoms with Crippen LogP contribution in [0.1, 0.15) is 44.6 Å². The minimum Gasteiger partial charge on any atom is -0.481 e. The Bertz CT molecular complexity index is 792. The number of thiophene rings is 1. The van der Waals surface area contributed by atoms with E-state index in [4.69, 9.17) is 0 Å². The van der Waals surface area contributed by atoms with Crippen molar-refractivity contribution in [3.05, 3.63) is 46.2 Å². The number of rotatable bonds is 6. The number of aliphatic carboxylic acids is 1. The lowest BCUT2D eigenvalue weighted by atomic mass is 9.95. The number of hydrogen-bond acceptors (Lipinski definition) is 3. The lowest BCUT2D eigenvalue weighted by Gasteiger charge is -2.31. The molecule has 0 radical (unpaired) electrons. The van der Waals surface area contributed by atoms with Gasteiger partial charge in [-0.25, -0.2) is 8.93 Å². The summed E-state index contributed by atoms with van der Waals surface area (Å²) in [4.78, 5) is 12.3. The summed E-state index contributed by atoms with van der Waals surface area (Å²) < 4.78 is 15.2. The number of nitrogens with one attached hydrogen (secondary N) is 1. The molecule has 0 aliphatic carbocycles. The number of carbonyl (C=O) groups is 1. The molecule has 0 fully saturated rings. The number of hydrogen-bond donors (Lipinski definition) is 2. The first kappa shape index (κ1) is 19.8. The smallest absolute Gasteiger partial charge is 0.305 e. The van der Waals surface area contributed by atoms with E-state index in [1.807, 2.05) is 57.3 Å². The van der Waals surface area contributed by atoms with Crippen LogP contribution in [0, 0.1) is 6.92 Å². The van der Waals surface area contributed by atoms with Gasteiger partial charge in [0.2, 0.25) is 0 Å². The third-order valence-corrected chi connectivity index (χ3v) is 6.82. The largest absolute Gasteiger partial charge is 0.481 e. The van der Waals surface area contributed by atoms with Crippen molar-refractivity contribution in [1.82, 2.24) is 4.72 Å². The normalized spacial score (nSPS) is 15.6. The predicted octanol–water partition coefficient (Wildman–Crippen LogP) is 4.47. The van der Waals surface area contributed by atoms with Crippen LogP contribution >= 0.6 is 11.3 Å². The molecule has 6 heteroatoms. The van der Waals surface area contributed by atoms with E-state index in [9.17, 15) is 14.1 Å². The van der Waals surface area contributed by atoms with Gasteiger partial charge in [0.05, 0.1) is 27.7 Å². The Morgan fingerprint density at radius 2 is 1.88 bits per heavy atom. The van der Waals surface area contributed by atoms with Crippen LogP contribution in [0.15, 0.2) is 35.7 Å². The predicted molar refractivity (Wildman–Crippen MR) is 105 cm³/mol. The van der Waals surface area contributed by atoms with Gasteiger partial charge < -0.3 is 5.11 Å². The average molecular weight is 380 g/mol. The monoisotopic (exact) mass is 379 g/mol. The number of carboxylic acid groups (broad SMARTS) is 1. The van der Waals surface area contributed by atoms with Gasteiger partial charge >= 0.3 is 5.97 Å². The van der Waals surface area contributed by atoms with E-state index in [1.165, 1.54) is 16.9 Å². The lowest BCUT2D eigenvalue weighted by Crippen LogP contribution is -2.46. The molecule has 0 bridgehead atoms. The first-order valence-corrected chi connectivity index (χ1v) is 10.1. The number of aryl methyl sites for hydroxylation is 1. The first-order valence-electron chi connectivity index (χ1n) is 8.09. The first-order chi connectivity index (χ1) is 11.5. The molecule has 2 N–H and O–H groups in total. The molecule has 1 heterocycles. The standard InChI is InChI=1S/C19H25NO3S2/c1-13-7-6-8-14(9-13)15-10-16(24-12-15)19(5,11-17(21)22)20-25(23)18(2,3)4/h6-10,12,20H,11H2,1-5H3,(H,21,22)/t19-,25?/m0/s1. The van der Waals surface area contributed by atoms with Crippen molar-refractivity contribution in [2.24, 2.45) is 0 Å². The van der Waals surface area contributed by atoms with Crippen molar-refractivity contribution in [3.8, 4) is 11.1 Å². The van der Waals surface area contributed by atoms with E-state index in [0.717, 1.165) is 16.0 Å². The summed E-state index contributed by atoms with van der Waals surface area (Å²) in [7, 11) is -1.37. The Hall–Kier alpha value is -1.50. The van der Waals surface area contributed by atoms with E-state index in [2.05, 4.69) is 10.8 Å². The quantitative estimate of drug-likeness (QED) is 0.778. The highest BCUT2D eigenvalue weighted by atomic mass is 32.2. The van der Waals surface area contributed by atoms with Gasteiger partial charge in [0.15, 0.2) is 0 Å². The van der Waals surface area contributed by atoms with E-state index >= 15 is 0 Å². The number of benzene rings is 1. The maximum Gasteiger partial charge on any atom is 0.305 e. The molecule has 1 unspecified atom stereocenters. The third-order valence-electron chi connectivity index (χ3n) is 3.87. The molecule has 0 amide bonds. The molecule has 2 rings (SSSR count). The molecule has 136 valence electrons. The minimum atomic E-state index is -1.37. The van der Waals surface area contributed by atoms with E-state index in [0.29, 0.717) is 0 Å². The molecule has 2 aromatic rings. The molecule has 0 spiro atoms. The van der Waals surface area contributed by atoms with Crippen LogP contribution in [-0.2, 0) is 21.3 Å². The van der Waals surface area contributed by atoms with E-state index in [-0.39, 0.29) is 6.42 Å². The Morgan fingerprint density at radius 3 is 2.44 bits per heavy atom. The van der Waals surface area contributed by atoms with Gasteiger partial charge in [0.25, 0.3) is 0 Å². The van der Waals surface area contributed by atoms with Crippen molar-refractivity contribution < 1.29 is 14.1 Å². The zero-order valence-electron chi connectivity index (χ0n) is 15.3. The van der Waals surface area contributed by atoms with Gasteiger partial charge in [-0.15, -0.1) is 11.3 Å². The van der Waals surface area contributed by atoms with Gasteiger partial charge in [0, 0.05) is 4.88 Å². The molecule has 2 atom stereocenters.